The molecular weight excluding hydrogens is 335 g/mol. The molecule has 2 N–H and O–H groups in total. The Bertz CT molecular complexity index is 470. The van der Waals surface area contributed by atoms with E-state index in [1.54, 1.807) is 0 Å². The van der Waals surface area contributed by atoms with Gasteiger partial charge < -0.3 is 20.1 Å². The third kappa shape index (κ3) is 5.50. The number of nitrogens with one attached hydrogen (secondary N) is 2. The van der Waals surface area contributed by atoms with Gasteiger partial charge in [0.2, 0.25) is 0 Å². The molecule has 1 heterocycles. The lowest BCUT2D eigenvalue weighted by molar-refractivity contribution is 0.0523. The number of morpholine rings is 1. The van der Waals surface area contributed by atoms with Gasteiger partial charge in [0.1, 0.15) is 12.4 Å². The minimum Gasteiger partial charge on any atom is -0.492 e. The maximum absolute atomic E-state index is 5.95. The zero-order chi connectivity index (χ0) is 15.2. The lowest BCUT2D eigenvalue weighted by Crippen LogP contribution is -2.51. The van der Waals surface area contributed by atoms with Crippen LogP contribution in [0.15, 0.2) is 24.3 Å². The molecule has 1 aliphatic carbocycles. The number of hydrogen-bond donors (Lipinski definition) is 2. The number of halogens is 2. The molecule has 1 saturated heterocycles. The number of ether oxygens (including phenoxy) is 2. The van der Waals surface area contributed by atoms with Crippen LogP contribution in [0, 0.1) is 5.92 Å². The van der Waals surface area contributed by atoms with Crippen LogP contribution in [-0.2, 0) is 4.74 Å². The quantitative estimate of drug-likeness (QED) is 0.765. The van der Waals surface area contributed by atoms with Crippen molar-refractivity contribution in [3.05, 3.63) is 29.3 Å². The smallest absolute Gasteiger partial charge is 0.120 e. The number of rotatable bonds is 6. The van der Waals surface area contributed by atoms with E-state index in [9.17, 15) is 0 Å². The Kier molecular flexibility index (Phi) is 7.93. The average molecular weight is 361 g/mol. The van der Waals surface area contributed by atoms with Crippen molar-refractivity contribution in [2.45, 2.75) is 31.3 Å². The zero-order valence-electron chi connectivity index (χ0n) is 13.3. The van der Waals surface area contributed by atoms with Crippen LogP contribution in [0.1, 0.15) is 19.3 Å². The molecule has 0 radical (unpaired) electrons. The molecule has 3 rings (SSSR count). The van der Waals surface area contributed by atoms with Gasteiger partial charge in [0, 0.05) is 30.2 Å². The second-order valence-corrected chi connectivity index (χ2v) is 6.53. The van der Waals surface area contributed by atoms with Gasteiger partial charge in [-0.1, -0.05) is 24.1 Å². The van der Waals surface area contributed by atoms with E-state index in [4.69, 9.17) is 21.1 Å². The monoisotopic (exact) mass is 360 g/mol. The molecule has 1 aliphatic heterocycles. The highest BCUT2D eigenvalue weighted by molar-refractivity contribution is 6.30. The first-order valence-corrected chi connectivity index (χ1v) is 8.63. The third-order valence-corrected chi connectivity index (χ3v) is 4.85. The van der Waals surface area contributed by atoms with Crippen molar-refractivity contribution in [1.82, 2.24) is 10.6 Å². The van der Waals surface area contributed by atoms with Crippen LogP contribution in [0.4, 0.5) is 0 Å². The molecule has 0 amide bonds. The summed E-state index contributed by atoms with van der Waals surface area (Å²) in [5, 5.41) is 7.98. The minimum atomic E-state index is 0. The summed E-state index contributed by atoms with van der Waals surface area (Å²) in [6.07, 6.45) is 3.84. The summed E-state index contributed by atoms with van der Waals surface area (Å²) < 4.78 is 11.4. The van der Waals surface area contributed by atoms with Crippen LogP contribution in [-0.4, -0.2) is 45.0 Å². The molecule has 1 saturated carbocycles. The first-order chi connectivity index (χ1) is 10.8. The van der Waals surface area contributed by atoms with Gasteiger partial charge in [-0.3, -0.25) is 0 Å². The van der Waals surface area contributed by atoms with Gasteiger partial charge in [0.15, 0.2) is 0 Å². The Morgan fingerprint density at radius 3 is 3.04 bits per heavy atom. The molecule has 1 aromatic rings. The highest BCUT2D eigenvalue weighted by atomic mass is 35.5. The highest BCUT2D eigenvalue weighted by Crippen LogP contribution is 2.29. The normalized spacial score (nSPS) is 27.4. The summed E-state index contributed by atoms with van der Waals surface area (Å²) in [7, 11) is 0. The van der Waals surface area contributed by atoms with E-state index in [0.717, 1.165) is 32.1 Å². The molecule has 0 spiro atoms. The predicted octanol–water partition coefficient (Wildman–Crippen LogP) is 2.89. The highest BCUT2D eigenvalue weighted by Gasteiger charge is 2.34. The maximum atomic E-state index is 5.95. The van der Waals surface area contributed by atoms with Gasteiger partial charge in [0.25, 0.3) is 0 Å². The first-order valence-electron chi connectivity index (χ1n) is 8.26. The minimum absolute atomic E-state index is 0. The lowest BCUT2D eigenvalue weighted by Gasteiger charge is -2.33. The van der Waals surface area contributed by atoms with E-state index < -0.39 is 0 Å². The SMILES string of the molecule is Cl.Clc1cccc(OCCNC2CCCC2C2COCCN2)c1. The van der Waals surface area contributed by atoms with Crippen molar-refractivity contribution in [2.75, 3.05) is 32.9 Å². The molecule has 130 valence electrons. The summed E-state index contributed by atoms with van der Waals surface area (Å²) >= 11 is 5.95. The second kappa shape index (κ2) is 9.70. The maximum Gasteiger partial charge on any atom is 0.120 e. The molecule has 3 atom stereocenters. The van der Waals surface area contributed by atoms with Gasteiger partial charge in [-0.25, -0.2) is 0 Å². The van der Waals surface area contributed by atoms with Gasteiger partial charge in [-0.15, -0.1) is 12.4 Å². The van der Waals surface area contributed by atoms with Crippen molar-refractivity contribution < 1.29 is 9.47 Å². The fourth-order valence-corrected chi connectivity index (χ4v) is 3.73. The molecule has 2 fully saturated rings. The number of benzene rings is 1. The Morgan fingerprint density at radius 2 is 2.26 bits per heavy atom. The van der Waals surface area contributed by atoms with Gasteiger partial charge >= 0.3 is 0 Å². The van der Waals surface area contributed by atoms with Gasteiger partial charge in [-0.2, -0.15) is 0 Å². The van der Waals surface area contributed by atoms with Gasteiger partial charge in [-0.05, 0) is 37.0 Å². The van der Waals surface area contributed by atoms with Crippen molar-refractivity contribution >= 4 is 24.0 Å². The van der Waals surface area contributed by atoms with Crippen LogP contribution < -0.4 is 15.4 Å². The van der Waals surface area contributed by atoms with Crippen molar-refractivity contribution in [1.29, 1.82) is 0 Å². The molecule has 2 aliphatic rings. The topological polar surface area (TPSA) is 42.5 Å². The molecule has 4 nitrogen and oxygen atoms in total. The third-order valence-electron chi connectivity index (χ3n) is 4.61. The zero-order valence-corrected chi connectivity index (χ0v) is 14.9. The predicted molar refractivity (Wildman–Crippen MR) is 95.9 cm³/mol. The Morgan fingerprint density at radius 1 is 1.35 bits per heavy atom. The summed E-state index contributed by atoms with van der Waals surface area (Å²) in [6, 6.07) is 8.63. The van der Waals surface area contributed by atoms with E-state index >= 15 is 0 Å². The standard InChI is InChI=1S/C17H25ClN2O2.ClH/c18-13-3-1-4-14(11-13)22-10-8-19-16-6-2-5-15(16)17-12-21-9-7-20-17;/h1,3-4,11,15-17,19-20H,2,5-10,12H2;1H. The molecule has 1 aromatic carbocycles. The summed E-state index contributed by atoms with van der Waals surface area (Å²) in [5.41, 5.74) is 0. The van der Waals surface area contributed by atoms with Gasteiger partial charge in [0.05, 0.1) is 13.2 Å². The van der Waals surface area contributed by atoms with Crippen molar-refractivity contribution in [3.8, 4) is 5.75 Å². The summed E-state index contributed by atoms with van der Waals surface area (Å²) in [4.78, 5) is 0. The Hall–Kier alpha value is -0.520. The molecule has 0 aromatic heterocycles. The van der Waals surface area contributed by atoms with Crippen LogP contribution in [0.3, 0.4) is 0 Å². The van der Waals surface area contributed by atoms with Crippen LogP contribution in [0.2, 0.25) is 5.02 Å². The molecular formula is C17H26Cl2N2O2. The fourth-order valence-electron chi connectivity index (χ4n) is 3.55. The molecule has 23 heavy (non-hydrogen) atoms. The van der Waals surface area contributed by atoms with E-state index in [-0.39, 0.29) is 12.4 Å². The summed E-state index contributed by atoms with van der Waals surface area (Å²) in [6.45, 7) is 4.20. The Labute approximate surface area is 149 Å². The van der Waals surface area contributed by atoms with Crippen LogP contribution >= 0.6 is 24.0 Å². The van der Waals surface area contributed by atoms with E-state index in [0.29, 0.717) is 29.6 Å². The number of hydrogen-bond acceptors (Lipinski definition) is 4. The average Bonchev–Trinajstić information content (AvgIpc) is 3.01. The molecule has 6 heteroatoms. The lowest BCUT2D eigenvalue weighted by atomic mass is 9.94. The van der Waals surface area contributed by atoms with Crippen LogP contribution in [0.5, 0.6) is 5.75 Å². The van der Waals surface area contributed by atoms with E-state index in [1.807, 2.05) is 24.3 Å². The molecule has 0 bridgehead atoms. The van der Waals surface area contributed by atoms with Crippen molar-refractivity contribution in [3.63, 3.8) is 0 Å². The Balaban J connectivity index is 0.00000192. The summed E-state index contributed by atoms with van der Waals surface area (Å²) in [5.74, 6) is 1.51. The van der Waals surface area contributed by atoms with Crippen LogP contribution in [0.25, 0.3) is 0 Å². The second-order valence-electron chi connectivity index (χ2n) is 6.10. The van der Waals surface area contributed by atoms with Crippen molar-refractivity contribution in [2.24, 2.45) is 5.92 Å². The largest absolute Gasteiger partial charge is 0.492 e. The first kappa shape index (κ1) is 18.8. The van der Waals surface area contributed by atoms with E-state index in [2.05, 4.69) is 10.6 Å². The van der Waals surface area contributed by atoms with E-state index in [1.165, 1.54) is 19.3 Å². The molecule has 3 unspecified atom stereocenters. The fraction of sp³-hybridized carbons (Fsp3) is 0.647.